The Labute approximate surface area is 214 Å². The molecule has 0 fully saturated rings. The van der Waals surface area contributed by atoms with Gasteiger partial charge >= 0.3 is 0 Å². The zero-order valence-electron chi connectivity index (χ0n) is 19.8. The minimum atomic E-state index is -0.0295. The molecule has 0 unspecified atom stereocenters. The zero-order valence-corrected chi connectivity index (χ0v) is 21.4. The highest BCUT2D eigenvalue weighted by atomic mass is 79.9. The summed E-state index contributed by atoms with van der Waals surface area (Å²) < 4.78 is 2.97. The lowest BCUT2D eigenvalue weighted by atomic mass is 10.1. The van der Waals surface area contributed by atoms with Crippen molar-refractivity contribution in [2.75, 3.05) is 6.54 Å². The lowest BCUT2D eigenvalue weighted by Gasteiger charge is -2.23. The Morgan fingerprint density at radius 2 is 1.71 bits per heavy atom. The topological polar surface area (TPSA) is 74.8 Å². The van der Waals surface area contributed by atoms with Gasteiger partial charge in [0, 0.05) is 16.6 Å². The van der Waals surface area contributed by atoms with Gasteiger partial charge in [0.2, 0.25) is 0 Å². The summed E-state index contributed by atoms with van der Waals surface area (Å²) in [6, 6.07) is 23.6. The SMILES string of the molecule is Cc1ccc(C(=O)N(CCc2ccc(Br)cc2)Cc2nncn2Cc2ccc(C#N)cc2)cc1C. The highest BCUT2D eigenvalue weighted by Crippen LogP contribution is 2.17. The molecule has 1 aromatic heterocycles. The molecule has 0 bridgehead atoms. The molecule has 4 rings (SSSR count). The van der Waals surface area contributed by atoms with E-state index < -0.39 is 0 Å². The normalized spacial score (nSPS) is 10.7. The van der Waals surface area contributed by atoms with E-state index >= 15 is 0 Å². The summed E-state index contributed by atoms with van der Waals surface area (Å²) >= 11 is 3.48. The molecule has 6 nitrogen and oxygen atoms in total. The van der Waals surface area contributed by atoms with E-state index in [1.807, 2.05) is 65.8 Å². The molecule has 0 aliphatic carbocycles. The number of nitriles is 1. The van der Waals surface area contributed by atoms with Crippen LogP contribution in [0.15, 0.2) is 77.5 Å². The van der Waals surface area contributed by atoms with Gasteiger partial charge in [-0.2, -0.15) is 5.26 Å². The molecule has 0 saturated carbocycles. The maximum Gasteiger partial charge on any atom is 0.254 e. The second-order valence-electron chi connectivity index (χ2n) is 8.59. The molecule has 4 aromatic rings. The third kappa shape index (κ3) is 6.23. The van der Waals surface area contributed by atoms with Crippen LogP contribution < -0.4 is 0 Å². The van der Waals surface area contributed by atoms with Gasteiger partial charge in [0.05, 0.1) is 24.7 Å². The second kappa shape index (κ2) is 11.1. The molecular weight excluding hydrogens is 502 g/mol. The standard InChI is InChI=1S/C28H26BrN5O/c1-20-3-10-25(15-21(20)2)28(35)33(14-13-22-8-11-26(29)12-9-22)18-27-32-31-19-34(27)17-24-6-4-23(16-30)5-7-24/h3-12,15,19H,13-14,17-18H2,1-2H3. The Hall–Kier alpha value is -3.76. The average Bonchev–Trinajstić information content (AvgIpc) is 3.30. The first-order valence-electron chi connectivity index (χ1n) is 11.4. The number of amides is 1. The Bertz CT molecular complexity index is 1350. The van der Waals surface area contributed by atoms with Crippen molar-refractivity contribution < 1.29 is 4.79 Å². The van der Waals surface area contributed by atoms with Crippen molar-refractivity contribution >= 4 is 21.8 Å². The van der Waals surface area contributed by atoms with Gasteiger partial charge in [-0.05, 0) is 78.9 Å². The monoisotopic (exact) mass is 527 g/mol. The predicted octanol–water partition coefficient (Wildman–Crippen LogP) is 5.46. The van der Waals surface area contributed by atoms with Gasteiger partial charge in [0.1, 0.15) is 6.33 Å². The lowest BCUT2D eigenvalue weighted by Crippen LogP contribution is -2.33. The predicted molar refractivity (Wildman–Crippen MR) is 139 cm³/mol. The highest BCUT2D eigenvalue weighted by molar-refractivity contribution is 9.10. The first-order chi connectivity index (χ1) is 16.9. The summed E-state index contributed by atoms with van der Waals surface area (Å²) in [5, 5.41) is 17.5. The maximum atomic E-state index is 13.6. The Balaban J connectivity index is 1.56. The number of carbonyl (C=O) groups excluding carboxylic acids is 1. The molecular formula is C28H26BrN5O. The molecule has 176 valence electrons. The molecule has 35 heavy (non-hydrogen) atoms. The Morgan fingerprint density at radius 1 is 1.00 bits per heavy atom. The average molecular weight is 528 g/mol. The molecule has 0 N–H and O–H groups in total. The number of benzene rings is 3. The summed E-state index contributed by atoms with van der Waals surface area (Å²) in [5.41, 5.74) is 5.73. The molecule has 1 amide bonds. The van der Waals surface area contributed by atoms with Crippen molar-refractivity contribution in [3.8, 4) is 6.07 Å². The van der Waals surface area contributed by atoms with Crippen LogP contribution in [0.2, 0.25) is 0 Å². The maximum absolute atomic E-state index is 13.6. The third-order valence-electron chi connectivity index (χ3n) is 6.09. The van der Waals surface area contributed by atoms with E-state index in [2.05, 4.69) is 44.3 Å². The second-order valence-corrected chi connectivity index (χ2v) is 9.50. The number of aryl methyl sites for hydroxylation is 2. The van der Waals surface area contributed by atoms with Crippen LogP contribution in [0.3, 0.4) is 0 Å². The molecule has 0 aliphatic heterocycles. The van der Waals surface area contributed by atoms with Crippen LogP contribution in [0.25, 0.3) is 0 Å². The van der Waals surface area contributed by atoms with Gasteiger partial charge in [-0.15, -0.1) is 10.2 Å². The van der Waals surface area contributed by atoms with E-state index in [1.54, 1.807) is 18.5 Å². The summed E-state index contributed by atoms with van der Waals surface area (Å²) in [4.78, 5) is 15.4. The molecule has 0 aliphatic rings. The van der Waals surface area contributed by atoms with Crippen LogP contribution in [0.5, 0.6) is 0 Å². The largest absolute Gasteiger partial charge is 0.331 e. The van der Waals surface area contributed by atoms with Crippen LogP contribution in [-0.2, 0) is 19.5 Å². The van der Waals surface area contributed by atoms with Gasteiger partial charge in [0.15, 0.2) is 5.82 Å². The number of nitrogens with zero attached hydrogens (tertiary/aromatic N) is 5. The molecule has 1 heterocycles. The number of rotatable bonds is 8. The van der Waals surface area contributed by atoms with E-state index in [9.17, 15) is 4.79 Å². The number of carbonyl (C=O) groups is 1. The van der Waals surface area contributed by atoms with Gasteiger partial charge in [-0.1, -0.05) is 46.3 Å². The molecule has 0 atom stereocenters. The van der Waals surface area contributed by atoms with E-state index in [0.717, 1.165) is 33.1 Å². The van der Waals surface area contributed by atoms with Crippen LogP contribution in [0.1, 0.15) is 44.0 Å². The third-order valence-corrected chi connectivity index (χ3v) is 6.62. The van der Waals surface area contributed by atoms with Crippen molar-refractivity contribution in [3.63, 3.8) is 0 Å². The first-order valence-corrected chi connectivity index (χ1v) is 12.2. The van der Waals surface area contributed by atoms with E-state index in [1.165, 1.54) is 0 Å². The van der Waals surface area contributed by atoms with Gasteiger partial charge < -0.3 is 9.47 Å². The Kier molecular flexibility index (Phi) is 7.74. The van der Waals surface area contributed by atoms with Gasteiger partial charge in [0.25, 0.3) is 5.91 Å². The fourth-order valence-electron chi connectivity index (χ4n) is 3.81. The van der Waals surface area contributed by atoms with Crippen molar-refractivity contribution in [2.24, 2.45) is 0 Å². The van der Waals surface area contributed by atoms with Crippen LogP contribution >= 0.6 is 15.9 Å². The van der Waals surface area contributed by atoms with Crippen molar-refractivity contribution in [3.05, 3.63) is 117 Å². The van der Waals surface area contributed by atoms with Crippen LogP contribution in [0.4, 0.5) is 0 Å². The minimum absolute atomic E-state index is 0.0295. The fourth-order valence-corrected chi connectivity index (χ4v) is 4.07. The van der Waals surface area contributed by atoms with Crippen molar-refractivity contribution in [2.45, 2.75) is 33.4 Å². The minimum Gasteiger partial charge on any atom is -0.331 e. The van der Waals surface area contributed by atoms with Crippen molar-refractivity contribution in [1.82, 2.24) is 19.7 Å². The van der Waals surface area contributed by atoms with E-state index in [-0.39, 0.29) is 5.91 Å². The fraction of sp³-hybridized carbons (Fsp3) is 0.214. The van der Waals surface area contributed by atoms with Crippen molar-refractivity contribution in [1.29, 1.82) is 5.26 Å². The molecule has 0 saturated heterocycles. The summed E-state index contributed by atoms with van der Waals surface area (Å²) in [7, 11) is 0. The quantitative estimate of drug-likeness (QED) is 0.304. The molecule has 0 spiro atoms. The van der Waals surface area contributed by atoms with Crippen LogP contribution in [0, 0.1) is 25.2 Å². The van der Waals surface area contributed by atoms with Crippen LogP contribution in [-0.4, -0.2) is 32.1 Å². The molecule has 7 heteroatoms. The number of halogens is 1. The number of hydrogen-bond acceptors (Lipinski definition) is 4. The number of hydrogen-bond donors (Lipinski definition) is 0. The molecule has 3 aromatic carbocycles. The van der Waals surface area contributed by atoms with Gasteiger partial charge in [-0.25, -0.2) is 0 Å². The highest BCUT2D eigenvalue weighted by Gasteiger charge is 2.19. The van der Waals surface area contributed by atoms with E-state index in [0.29, 0.717) is 36.6 Å². The smallest absolute Gasteiger partial charge is 0.254 e. The summed E-state index contributed by atoms with van der Waals surface area (Å²) in [6.45, 7) is 5.52. The zero-order chi connectivity index (χ0) is 24.8. The lowest BCUT2D eigenvalue weighted by molar-refractivity contribution is 0.0739. The first kappa shape index (κ1) is 24.4. The van der Waals surface area contributed by atoms with Gasteiger partial charge in [-0.3, -0.25) is 4.79 Å². The molecule has 0 radical (unpaired) electrons. The summed E-state index contributed by atoms with van der Waals surface area (Å²) in [6.07, 6.45) is 2.41. The number of aromatic nitrogens is 3. The summed E-state index contributed by atoms with van der Waals surface area (Å²) in [5.74, 6) is 0.681. The Morgan fingerprint density at radius 3 is 2.40 bits per heavy atom. The van der Waals surface area contributed by atoms with E-state index in [4.69, 9.17) is 5.26 Å².